The van der Waals surface area contributed by atoms with Crippen molar-refractivity contribution in [1.82, 2.24) is 0 Å². The molecule has 26 heavy (non-hydrogen) atoms. The van der Waals surface area contributed by atoms with E-state index in [0.717, 1.165) is 22.2 Å². The number of nitrogens with zero attached hydrogens (tertiary/aromatic N) is 1. The number of benzene rings is 2. The van der Waals surface area contributed by atoms with Gasteiger partial charge in [-0.15, -0.1) is 0 Å². The Balaban J connectivity index is 2.37. The highest BCUT2D eigenvalue weighted by molar-refractivity contribution is 7.92. The van der Waals surface area contributed by atoms with Gasteiger partial charge in [-0.25, -0.2) is 12.8 Å². The topological polar surface area (TPSA) is 66.5 Å². The molecule has 0 saturated heterocycles. The number of hydrogen-bond acceptors (Lipinski definition) is 3. The van der Waals surface area contributed by atoms with Gasteiger partial charge in [-0.2, -0.15) is 0 Å². The average molecular weight is 378 g/mol. The number of halogens is 1. The third-order valence-electron chi connectivity index (χ3n) is 4.02. The second-order valence-corrected chi connectivity index (χ2v) is 8.28. The van der Waals surface area contributed by atoms with E-state index in [0.29, 0.717) is 5.69 Å². The summed E-state index contributed by atoms with van der Waals surface area (Å²) in [5.74, 6) is -1.06. The largest absolute Gasteiger partial charge is 0.324 e. The molecule has 2 rings (SSSR count). The minimum Gasteiger partial charge on any atom is -0.324 e. The Kier molecular flexibility index (Phi) is 6.02. The van der Waals surface area contributed by atoms with E-state index in [-0.39, 0.29) is 11.6 Å². The van der Waals surface area contributed by atoms with Crippen LogP contribution in [0.2, 0.25) is 0 Å². The van der Waals surface area contributed by atoms with Crippen molar-refractivity contribution < 1.29 is 17.6 Å². The number of amides is 1. The van der Waals surface area contributed by atoms with Gasteiger partial charge >= 0.3 is 0 Å². The number of rotatable bonds is 6. The Morgan fingerprint density at radius 1 is 1.04 bits per heavy atom. The van der Waals surface area contributed by atoms with Crippen molar-refractivity contribution in [3.63, 3.8) is 0 Å². The number of nitrogens with one attached hydrogen (secondary N) is 1. The molecule has 0 aromatic heterocycles. The van der Waals surface area contributed by atoms with Gasteiger partial charge in [0.1, 0.15) is 11.9 Å². The molecule has 140 valence electrons. The lowest BCUT2D eigenvalue weighted by molar-refractivity contribution is -0.116. The number of carbonyl (C=O) groups is 1. The number of sulfonamides is 1. The SMILES string of the molecule is CC(C)c1ccccc1NC(=O)C(C)N(c1ccccc1F)S(C)(=O)=O. The Bertz CT molecular complexity index is 897. The van der Waals surface area contributed by atoms with Gasteiger partial charge in [0.15, 0.2) is 0 Å². The van der Waals surface area contributed by atoms with E-state index in [4.69, 9.17) is 0 Å². The molecule has 0 bridgehead atoms. The van der Waals surface area contributed by atoms with Crippen molar-refractivity contribution in [2.75, 3.05) is 15.9 Å². The third-order valence-corrected chi connectivity index (χ3v) is 5.25. The molecule has 2 aromatic rings. The summed E-state index contributed by atoms with van der Waals surface area (Å²) in [6, 6.07) is 11.7. The Hall–Kier alpha value is -2.41. The summed E-state index contributed by atoms with van der Waals surface area (Å²) in [6.45, 7) is 5.42. The fraction of sp³-hybridized carbons (Fsp3) is 0.316. The third kappa shape index (κ3) is 4.40. The summed E-state index contributed by atoms with van der Waals surface area (Å²) >= 11 is 0. The van der Waals surface area contributed by atoms with E-state index in [1.165, 1.54) is 25.1 Å². The predicted octanol–water partition coefficient (Wildman–Crippen LogP) is 3.74. The maximum atomic E-state index is 14.2. The van der Waals surface area contributed by atoms with Crippen LogP contribution in [-0.4, -0.2) is 26.6 Å². The zero-order valence-electron chi connectivity index (χ0n) is 15.2. The van der Waals surface area contributed by atoms with E-state index in [1.807, 2.05) is 26.0 Å². The van der Waals surface area contributed by atoms with Gasteiger partial charge in [-0.3, -0.25) is 9.10 Å². The number of hydrogen-bond donors (Lipinski definition) is 1. The maximum absolute atomic E-state index is 14.2. The molecule has 1 atom stereocenters. The lowest BCUT2D eigenvalue weighted by Crippen LogP contribution is -2.45. The fourth-order valence-electron chi connectivity index (χ4n) is 2.76. The first-order valence-corrected chi connectivity index (χ1v) is 10.1. The Morgan fingerprint density at radius 3 is 2.19 bits per heavy atom. The molecule has 1 N–H and O–H groups in total. The second kappa shape index (κ2) is 7.86. The molecule has 0 spiro atoms. The Labute approximate surface area is 153 Å². The summed E-state index contributed by atoms with van der Waals surface area (Å²) in [5.41, 5.74) is 1.39. The van der Waals surface area contributed by atoms with Crippen molar-refractivity contribution in [3.05, 3.63) is 59.9 Å². The van der Waals surface area contributed by atoms with Crippen LogP contribution in [0.15, 0.2) is 48.5 Å². The first-order valence-electron chi connectivity index (χ1n) is 8.26. The quantitative estimate of drug-likeness (QED) is 0.833. The van der Waals surface area contributed by atoms with Gasteiger partial charge in [-0.05, 0) is 36.6 Å². The molecule has 5 nitrogen and oxygen atoms in total. The molecule has 1 unspecified atom stereocenters. The number of anilines is 2. The predicted molar refractivity (Wildman–Crippen MR) is 102 cm³/mol. The Morgan fingerprint density at radius 2 is 1.62 bits per heavy atom. The van der Waals surface area contributed by atoms with Crippen LogP contribution in [0.1, 0.15) is 32.3 Å². The molecule has 0 aliphatic heterocycles. The van der Waals surface area contributed by atoms with Crippen LogP contribution in [-0.2, 0) is 14.8 Å². The summed E-state index contributed by atoms with van der Waals surface area (Å²) in [5, 5.41) is 2.77. The molecule has 0 saturated carbocycles. The van der Waals surface area contributed by atoms with Crippen LogP contribution in [0.3, 0.4) is 0 Å². The molecule has 0 fully saturated rings. The monoisotopic (exact) mass is 378 g/mol. The first kappa shape index (κ1) is 19.9. The summed E-state index contributed by atoms with van der Waals surface area (Å²) in [6.07, 6.45) is 0.950. The minimum atomic E-state index is -3.87. The smallest absolute Gasteiger partial charge is 0.248 e. The van der Waals surface area contributed by atoms with Crippen LogP contribution in [0.25, 0.3) is 0 Å². The van der Waals surface area contributed by atoms with E-state index < -0.39 is 27.8 Å². The van der Waals surface area contributed by atoms with Gasteiger partial charge < -0.3 is 5.32 Å². The van der Waals surface area contributed by atoms with E-state index >= 15 is 0 Å². The van der Waals surface area contributed by atoms with Gasteiger partial charge in [-0.1, -0.05) is 44.2 Å². The standard InChI is InChI=1S/C19H23FN2O3S/c1-13(2)15-9-5-7-11-17(15)21-19(23)14(3)22(26(4,24)25)18-12-8-6-10-16(18)20/h5-14H,1-4H3,(H,21,23). The highest BCUT2D eigenvalue weighted by Crippen LogP contribution is 2.27. The zero-order valence-corrected chi connectivity index (χ0v) is 16.0. The zero-order chi connectivity index (χ0) is 19.5. The van der Waals surface area contributed by atoms with Crippen molar-refractivity contribution in [2.45, 2.75) is 32.7 Å². The van der Waals surface area contributed by atoms with Crippen molar-refractivity contribution in [2.24, 2.45) is 0 Å². The summed E-state index contributed by atoms with van der Waals surface area (Å²) < 4.78 is 39.4. The molecule has 0 radical (unpaired) electrons. The maximum Gasteiger partial charge on any atom is 0.248 e. The fourth-order valence-corrected chi connectivity index (χ4v) is 3.94. The normalized spacial score (nSPS) is 12.7. The van der Waals surface area contributed by atoms with Crippen LogP contribution >= 0.6 is 0 Å². The molecule has 0 aliphatic carbocycles. The van der Waals surface area contributed by atoms with Crippen LogP contribution < -0.4 is 9.62 Å². The molecule has 7 heteroatoms. The molecule has 1 amide bonds. The molecule has 0 heterocycles. The lowest BCUT2D eigenvalue weighted by atomic mass is 10.0. The summed E-state index contributed by atoms with van der Waals surface area (Å²) in [4.78, 5) is 12.7. The van der Waals surface area contributed by atoms with Crippen LogP contribution in [0.5, 0.6) is 0 Å². The number of carbonyl (C=O) groups excluding carboxylic acids is 1. The highest BCUT2D eigenvalue weighted by Gasteiger charge is 2.31. The second-order valence-electron chi connectivity index (χ2n) is 6.42. The lowest BCUT2D eigenvalue weighted by Gasteiger charge is -2.28. The van der Waals surface area contributed by atoms with Crippen molar-refractivity contribution in [3.8, 4) is 0 Å². The molecule has 2 aromatic carbocycles. The van der Waals surface area contributed by atoms with Gasteiger partial charge in [0.2, 0.25) is 15.9 Å². The molecular weight excluding hydrogens is 355 g/mol. The molecule has 0 aliphatic rings. The number of para-hydroxylation sites is 2. The minimum absolute atomic E-state index is 0.158. The van der Waals surface area contributed by atoms with E-state index in [1.54, 1.807) is 12.1 Å². The van der Waals surface area contributed by atoms with Crippen molar-refractivity contribution in [1.29, 1.82) is 0 Å². The molecular formula is C19H23FN2O3S. The average Bonchev–Trinajstić information content (AvgIpc) is 2.55. The highest BCUT2D eigenvalue weighted by atomic mass is 32.2. The van der Waals surface area contributed by atoms with Crippen LogP contribution in [0.4, 0.5) is 15.8 Å². The van der Waals surface area contributed by atoms with Gasteiger partial charge in [0, 0.05) is 5.69 Å². The van der Waals surface area contributed by atoms with E-state index in [2.05, 4.69) is 5.32 Å². The van der Waals surface area contributed by atoms with E-state index in [9.17, 15) is 17.6 Å². The van der Waals surface area contributed by atoms with Crippen LogP contribution in [0, 0.1) is 5.82 Å². The van der Waals surface area contributed by atoms with Gasteiger partial charge in [0.05, 0.1) is 11.9 Å². The van der Waals surface area contributed by atoms with Crippen molar-refractivity contribution >= 4 is 27.3 Å². The first-order chi connectivity index (χ1) is 12.1. The summed E-state index contributed by atoms with van der Waals surface area (Å²) in [7, 11) is -3.87. The van der Waals surface area contributed by atoms with Gasteiger partial charge in [0.25, 0.3) is 0 Å².